The summed E-state index contributed by atoms with van der Waals surface area (Å²) in [4.78, 5) is 38.8. The topological polar surface area (TPSA) is 76.3 Å². The molecule has 0 aliphatic carbocycles. The highest BCUT2D eigenvalue weighted by atomic mass is 19.1. The lowest BCUT2D eigenvalue weighted by atomic mass is 10.1. The fourth-order valence-electron chi connectivity index (χ4n) is 3.34. The van der Waals surface area contributed by atoms with Gasteiger partial charge >= 0.3 is 0 Å². The minimum atomic E-state index is -0.594. The summed E-state index contributed by atoms with van der Waals surface area (Å²) in [6.07, 6.45) is 0. The SMILES string of the molecule is Cc1c(NCN2C(=O)c3ccc(F)cc3C2=O)c(=O)n(-c2ccccc2)n1C. The van der Waals surface area contributed by atoms with E-state index in [-0.39, 0.29) is 29.0 Å². The van der Waals surface area contributed by atoms with Crippen LogP contribution in [-0.2, 0) is 7.05 Å². The predicted molar refractivity (Wildman–Crippen MR) is 101 cm³/mol. The summed E-state index contributed by atoms with van der Waals surface area (Å²) in [6, 6.07) is 12.6. The van der Waals surface area contributed by atoms with Crippen molar-refractivity contribution in [2.75, 3.05) is 12.0 Å². The van der Waals surface area contributed by atoms with E-state index in [0.717, 1.165) is 17.0 Å². The molecule has 142 valence electrons. The van der Waals surface area contributed by atoms with Gasteiger partial charge in [-0.3, -0.25) is 24.0 Å². The molecule has 8 heteroatoms. The number of rotatable bonds is 4. The Morgan fingerprint density at radius 2 is 1.64 bits per heavy atom. The molecule has 2 aromatic carbocycles. The van der Waals surface area contributed by atoms with E-state index in [9.17, 15) is 18.8 Å². The molecule has 0 spiro atoms. The monoisotopic (exact) mass is 380 g/mol. The number of halogens is 1. The summed E-state index contributed by atoms with van der Waals surface area (Å²) >= 11 is 0. The fourth-order valence-corrected chi connectivity index (χ4v) is 3.34. The van der Waals surface area contributed by atoms with E-state index in [2.05, 4.69) is 5.32 Å². The molecule has 0 saturated heterocycles. The van der Waals surface area contributed by atoms with Crippen LogP contribution in [0.3, 0.4) is 0 Å². The van der Waals surface area contributed by atoms with Gasteiger partial charge in [0.15, 0.2) is 0 Å². The molecule has 3 aromatic rings. The maximum atomic E-state index is 13.4. The molecule has 0 radical (unpaired) electrons. The van der Waals surface area contributed by atoms with Gasteiger partial charge in [0.1, 0.15) is 11.5 Å². The molecule has 0 fully saturated rings. The molecule has 0 bridgehead atoms. The molecule has 1 aliphatic heterocycles. The quantitative estimate of drug-likeness (QED) is 0.705. The van der Waals surface area contributed by atoms with Crippen molar-refractivity contribution in [3.8, 4) is 5.69 Å². The first kappa shape index (κ1) is 17.7. The van der Waals surface area contributed by atoms with Crippen molar-refractivity contribution in [1.29, 1.82) is 0 Å². The number of carbonyl (C=O) groups is 2. The third-order valence-electron chi connectivity index (χ3n) is 4.90. The first-order valence-electron chi connectivity index (χ1n) is 8.64. The number of fused-ring (bicyclic) bond motifs is 1. The Hall–Kier alpha value is -3.68. The molecule has 7 nitrogen and oxygen atoms in total. The van der Waals surface area contributed by atoms with Gasteiger partial charge in [-0.2, -0.15) is 0 Å². The van der Waals surface area contributed by atoms with Crippen molar-refractivity contribution in [3.05, 3.63) is 81.5 Å². The van der Waals surface area contributed by atoms with Crippen molar-refractivity contribution >= 4 is 17.5 Å². The number of anilines is 1. The van der Waals surface area contributed by atoms with Crippen LogP contribution >= 0.6 is 0 Å². The van der Waals surface area contributed by atoms with Crippen LogP contribution in [0.5, 0.6) is 0 Å². The Balaban J connectivity index is 1.63. The number of amides is 2. The smallest absolute Gasteiger partial charge is 0.295 e. The van der Waals surface area contributed by atoms with Crippen LogP contribution in [0.4, 0.5) is 10.1 Å². The lowest BCUT2D eigenvalue weighted by molar-refractivity contribution is 0.0665. The van der Waals surface area contributed by atoms with E-state index >= 15 is 0 Å². The molecule has 0 saturated carbocycles. The van der Waals surface area contributed by atoms with Crippen LogP contribution in [0.15, 0.2) is 53.3 Å². The molecule has 1 aliphatic rings. The number of benzene rings is 2. The Bertz CT molecular complexity index is 1160. The summed E-state index contributed by atoms with van der Waals surface area (Å²) in [7, 11) is 1.75. The second-order valence-corrected chi connectivity index (χ2v) is 6.50. The van der Waals surface area contributed by atoms with Gasteiger partial charge in [-0.15, -0.1) is 0 Å². The maximum Gasteiger partial charge on any atom is 0.295 e. The molecule has 28 heavy (non-hydrogen) atoms. The normalized spacial score (nSPS) is 13.2. The third-order valence-corrected chi connectivity index (χ3v) is 4.90. The fraction of sp³-hybridized carbons (Fsp3) is 0.150. The molecule has 1 aromatic heterocycles. The van der Waals surface area contributed by atoms with Gasteiger partial charge in [0.05, 0.1) is 29.2 Å². The average Bonchev–Trinajstić information content (AvgIpc) is 3.05. The van der Waals surface area contributed by atoms with Crippen molar-refractivity contribution in [3.63, 3.8) is 0 Å². The molecule has 2 amide bonds. The van der Waals surface area contributed by atoms with Crippen LogP contribution in [-0.4, -0.2) is 32.7 Å². The largest absolute Gasteiger partial charge is 0.361 e. The first-order valence-corrected chi connectivity index (χ1v) is 8.64. The Morgan fingerprint density at radius 1 is 0.964 bits per heavy atom. The van der Waals surface area contributed by atoms with Gasteiger partial charge in [-0.05, 0) is 37.3 Å². The minimum Gasteiger partial charge on any atom is -0.361 e. The van der Waals surface area contributed by atoms with Gasteiger partial charge < -0.3 is 5.32 Å². The standard InChI is InChI=1S/C20H17FN4O3/c1-12-17(20(28)25(23(12)2)14-6-4-3-5-7-14)22-11-24-18(26)15-9-8-13(21)10-16(15)19(24)27/h3-10,22H,11H2,1-2H3. The van der Waals surface area contributed by atoms with Crippen molar-refractivity contribution < 1.29 is 14.0 Å². The van der Waals surface area contributed by atoms with Gasteiger partial charge in [0.25, 0.3) is 17.4 Å². The summed E-state index contributed by atoms with van der Waals surface area (Å²) in [6.45, 7) is 1.57. The molecule has 4 rings (SSSR count). The van der Waals surface area contributed by atoms with Crippen molar-refractivity contribution in [1.82, 2.24) is 14.3 Å². The van der Waals surface area contributed by atoms with Crippen LogP contribution in [0.25, 0.3) is 5.69 Å². The van der Waals surface area contributed by atoms with E-state index in [4.69, 9.17) is 0 Å². The zero-order chi connectivity index (χ0) is 20.0. The van der Waals surface area contributed by atoms with E-state index < -0.39 is 17.6 Å². The van der Waals surface area contributed by atoms with Crippen LogP contribution < -0.4 is 10.9 Å². The number of imide groups is 1. The Kier molecular flexibility index (Phi) is 4.11. The predicted octanol–water partition coefficient (Wildman–Crippen LogP) is 2.29. The minimum absolute atomic E-state index is 0.0262. The number of aromatic nitrogens is 2. The molecular weight excluding hydrogens is 363 g/mol. The van der Waals surface area contributed by atoms with Crippen molar-refractivity contribution in [2.24, 2.45) is 7.05 Å². The lowest BCUT2D eigenvalue weighted by Gasteiger charge is -2.14. The number of nitrogens with zero attached hydrogens (tertiary/aromatic N) is 3. The van der Waals surface area contributed by atoms with E-state index in [1.165, 1.54) is 10.7 Å². The number of nitrogens with one attached hydrogen (secondary N) is 1. The van der Waals surface area contributed by atoms with Gasteiger partial charge in [0, 0.05) is 7.05 Å². The van der Waals surface area contributed by atoms with E-state index in [0.29, 0.717) is 11.4 Å². The Morgan fingerprint density at radius 3 is 2.36 bits per heavy atom. The zero-order valence-corrected chi connectivity index (χ0v) is 15.3. The molecule has 2 heterocycles. The van der Waals surface area contributed by atoms with Gasteiger partial charge in [-0.25, -0.2) is 9.07 Å². The average molecular weight is 380 g/mol. The number of hydrogen-bond acceptors (Lipinski definition) is 4. The highest BCUT2D eigenvalue weighted by Crippen LogP contribution is 2.24. The molecule has 1 N–H and O–H groups in total. The van der Waals surface area contributed by atoms with E-state index in [1.54, 1.807) is 18.7 Å². The van der Waals surface area contributed by atoms with Gasteiger partial charge in [0.2, 0.25) is 0 Å². The molecule has 0 atom stereocenters. The summed E-state index contributed by atoms with van der Waals surface area (Å²) in [5, 5.41) is 2.90. The summed E-state index contributed by atoms with van der Waals surface area (Å²) < 4.78 is 16.6. The first-order chi connectivity index (χ1) is 13.4. The van der Waals surface area contributed by atoms with Crippen LogP contribution in [0, 0.1) is 12.7 Å². The third kappa shape index (κ3) is 2.61. The maximum absolute atomic E-state index is 13.4. The summed E-state index contributed by atoms with van der Waals surface area (Å²) in [5.74, 6) is -1.70. The second kappa shape index (κ2) is 6.49. The summed E-state index contributed by atoms with van der Waals surface area (Å²) in [5.41, 5.74) is 1.51. The Labute approximate surface area is 159 Å². The highest BCUT2D eigenvalue weighted by molar-refractivity contribution is 6.21. The zero-order valence-electron chi connectivity index (χ0n) is 15.3. The van der Waals surface area contributed by atoms with E-state index in [1.807, 2.05) is 30.3 Å². The van der Waals surface area contributed by atoms with Crippen LogP contribution in [0.1, 0.15) is 26.4 Å². The van der Waals surface area contributed by atoms with Gasteiger partial charge in [-0.1, -0.05) is 18.2 Å². The molecule has 0 unspecified atom stereocenters. The number of para-hydroxylation sites is 1. The molecular formula is C20H17FN4O3. The number of carbonyl (C=O) groups excluding carboxylic acids is 2. The lowest BCUT2D eigenvalue weighted by Crippen LogP contribution is -2.35. The highest BCUT2D eigenvalue weighted by Gasteiger charge is 2.35. The van der Waals surface area contributed by atoms with Crippen LogP contribution in [0.2, 0.25) is 0 Å². The number of hydrogen-bond donors (Lipinski definition) is 1. The second-order valence-electron chi connectivity index (χ2n) is 6.50. The van der Waals surface area contributed by atoms with Crippen molar-refractivity contribution in [2.45, 2.75) is 6.92 Å².